The largest absolute Gasteiger partial charge is 0.471 e. The Kier molecular flexibility index (Phi) is 11.4. The first-order valence-corrected chi connectivity index (χ1v) is 3.12. The van der Waals surface area contributed by atoms with Crippen molar-refractivity contribution in [3.63, 3.8) is 0 Å². The Morgan fingerprint density at radius 3 is 2.44 bits per heavy atom. The number of thiocarbonyl (C=S) groups is 1. The molecule has 0 atom stereocenters. The summed E-state index contributed by atoms with van der Waals surface area (Å²) in [4.78, 5) is 0. The molecule has 59 valence electrons. The molecule has 9 heavy (non-hydrogen) atoms. The van der Waals surface area contributed by atoms with Gasteiger partial charge in [0, 0.05) is 28.9 Å². The van der Waals surface area contributed by atoms with Gasteiger partial charge in [0.25, 0.3) is 5.17 Å². The first-order chi connectivity index (χ1) is 3.81. The molecule has 0 saturated heterocycles. The van der Waals surface area contributed by atoms with Gasteiger partial charge in [0.15, 0.2) is 0 Å². The van der Waals surface area contributed by atoms with E-state index in [9.17, 15) is 0 Å². The van der Waals surface area contributed by atoms with Crippen molar-refractivity contribution in [2.24, 2.45) is 0 Å². The van der Waals surface area contributed by atoms with Crippen LogP contribution in [0.3, 0.4) is 0 Å². The van der Waals surface area contributed by atoms with Crippen LogP contribution in [-0.2, 0) is 27.1 Å². The summed E-state index contributed by atoms with van der Waals surface area (Å²) in [5, 5.41) is 3.35. The van der Waals surface area contributed by atoms with E-state index in [0.717, 1.165) is 6.54 Å². The van der Waals surface area contributed by atoms with Gasteiger partial charge in [-0.1, -0.05) is 0 Å². The van der Waals surface area contributed by atoms with Crippen LogP contribution in [0.25, 0.3) is 0 Å². The SMILES string of the molecule is CCNC(=S)OCC.[Ag]. The van der Waals surface area contributed by atoms with Crippen molar-refractivity contribution in [1.82, 2.24) is 5.32 Å². The normalized spacial score (nSPS) is 7.33. The zero-order chi connectivity index (χ0) is 6.41. The molecule has 0 aromatic rings. The minimum Gasteiger partial charge on any atom is -0.471 e. The number of rotatable bonds is 2. The molecule has 2 nitrogen and oxygen atoms in total. The average Bonchev–Trinajstić information content (AvgIpc) is 1.68. The van der Waals surface area contributed by atoms with Gasteiger partial charge in [-0.2, -0.15) is 0 Å². The van der Waals surface area contributed by atoms with Gasteiger partial charge in [0.2, 0.25) is 0 Å². The van der Waals surface area contributed by atoms with E-state index in [1.807, 2.05) is 13.8 Å². The molecule has 0 aliphatic rings. The van der Waals surface area contributed by atoms with E-state index in [1.54, 1.807) is 0 Å². The quantitative estimate of drug-likeness (QED) is 0.573. The van der Waals surface area contributed by atoms with E-state index < -0.39 is 0 Å². The molecular weight excluding hydrogens is 230 g/mol. The number of hydrogen-bond acceptors (Lipinski definition) is 2. The summed E-state index contributed by atoms with van der Waals surface area (Å²) in [6, 6.07) is 0. The van der Waals surface area contributed by atoms with Gasteiger partial charge in [0.05, 0.1) is 6.61 Å². The van der Waals surface area contributed by atoms with Gasteiger partial charge in [-0.15, -0.1) is 0 Å². The number of hydrogen-bond donors (Lipinski definition) is 1. The van der Waals surface area contributed by atoms with Gasteiger partial charge in [-0.05, 0) is 26.1 Å². The molecule has 0 aliphatic heterocycles. The van der Waals surface area contributed by atoms with Crippen LogP contribution in [-0.4, -0.2) is 18.3 Å². The Balaban J connectivity index is 0. The fourth-order valence-electron chi connectivity index (χ4n) is 0.326. The fraction of sp³-hybridized carbons (Fsp3) is 0.800. The van der Waals surface area contributed by atoms with Crippen molar-refractivity contribution in [1.29, 1.82) is 0 Å². The summed E-state index contributed by atoms with van der Waals surface area (Å²) in [7, 11) is 0. The molecule has 0 bridgehead atoms. The zero-order valence-corrected chi connectivity index (χ0v) is 7.83. The topological polar surface area (TPSA) is 21.3 Å². The molecule has 0 aromatic carbocycles. The molecule has 4 heteroatoms. The second-order valence-electron chi connectivity index (χ2n) is 1.25. The molecular formula is C5H11AgNOS. The maximum Gasteiger partial charge on any atom is 0.256 e. The Hall–Kier alpha value is 0.430. The first-order valence-electron chi connectivity index (χ1n) is 2.71. The van der Waals surface area contributed by atoms with Crippen LogP contribution in [0.1, 0.15) is 13.8 Å². The van der Waals surface area contributed by atoms with Crippen LogP contribution in [0.2, 0.25) is 0 Å². The van der Waals surface area contributed by atoms with Gasteiger partial charge in [-0.3, -0.25) is 0 Å². The van der Waals surface area contributed by atoms with Crippen LogP contribution < -0.4 is 5.32 Å². The molecule has 0 aliphatic carbocycles. The van der Waals surface area contributed by atoms with E-state index in [0.29, 0.717) is 11.8 Å². The van der Waals surface area contributed by atoms with Crippen LogP contribution in [0.4, 0.5) is 0 Å². The smallest absolute Gasteiger partial charge is 0.256 e. The molecule has 0 aromatic heterocycles. The Morgan fingerprint density at radius 1 is 1.56 bits per heavy atom. The monoisotopic (exact) mass is 240 g/mol. The van der Waals surface area contributed by atoms with E-state index in [2.05, 4.69) is 5.32 Å². The minimum absolute atomic E-state index is 0. The molecule has 0 rings (SSSR count). The predicted molar refractivity (Wildman–Crippen MR) is 37.9 cm³/mol. The molecule has 0 saturated carbocycles. The van der Waals surface area contributed by atoms with Gasteiger partial charge >= 0.3 is 0 Å². The van der Waals surface area contributed by atoms with Crippen molar-refractivity contribution < 1.29 is 27.1 Å². The maximum absolute atomic E-state index is 4.90. The summed E-state index contributed by atoms with van der Waals surface area (Å²) in [5.74, 6) is 0. The molecule has 0 spiro atoms. The first kappa shape index (κ1) is 12.1. The summed E-state index contributed by atoms with van der Waals surface area (Å²) >= 11 is 4.72. The predicted octanol–water partition coefficient (Wildman–Crippen LogP) is 0.915. The van der Waals surface area contributed by atoms with E-state index in [1.165, 1.54) is 0 Å². The molecule has 0 fully saturated rings. The average molecular weight is 241 g/mol. The molecule has 1 radical (unpaired) electrons. The number of nitrogens with one attached hydrogen (secondary N) is 1. The van der Waals surface area contributed by atoms with Crippen LogP contribution in [0, 0.1) is 0 Å². The molecule has 1 N–H and O–H groups in total. The van der Waals surface area contributed by atoms with Crippen molar-refractivity contribution >= 4 is 17.4 Å². The second-order valence-corrected chi connectivity index (χ2v) is 1.62. The third-order valence-electron chi connectivity index (χ3n) is 0.597. The third-order valence-corrected chi connectivity index (χ3v) is 0.859. The molecule has 0 heterocycles. The van der Waals surface area contributed by atoms with Crippen LogP contribution in [0.5, 0.6) is 0 Å². The summed E-state index contributed by atoms with van der Waals surface area (Å²) < 4.78 is 4.90. The molecule has 0 unspecified atom stereocenters. The van der Waals surface area contributed by atoms with Crippen LogP contribution >= 0.6 is 12.2 Å². The van der Waals surface area contributed by atoms with E-state index in [-0.39, 0.29) is 22.4 Å². The zero-order valence-electron chi connectivity index (χ0n) is 5.53. The third kappa shape index (κ3) is 8.43. The molecule has 0 amide bonds. The summed E-state index contributed by atoms with van der Waals surface area (Å²) in [5.41, 5.74) is 0. The summed E-state index contributed by atoms with van der Waals surface area (Å²) in [6.07, 6.45) is 0. The Morgan fingerprint density at radius 2 is 2.11 bits per heavy atom. The minimum atomic E-state index is 0. The van der Waals surface area contributed by atoms with Gasteiger partial charge < -0.3 is 10.1 Å². The van der Waals surface area contributed by atoms with Crippen LogP contribution in [0.15, 0.2) is 0 Å². The number of ether oxygens (including phenoxy) is 1. The Bertz CT molecular complexity index is 71.4. The van der Waals surface area contributed by atoms with Crippen molar-refractivity contribution in [2.75, 3.05) is 13.2 Å². The summed E-state index contributed by atoms with van der Waals surface area (Å²) in [6.45, 7) is 5.36. The standard InChI is InChI=1S/C5H11NOS.Ag/c1-3-6-5(8)7-4-2;/h3-4H2,1-2H3,(H,6,8);. The van der Waals surface area contributed by atoms with Crippen molar-refractivity contribution in [3.8, 4) is 0 Å². The van der Waals surface area contributed by atoms with Crippen molar-refractivity contribution in [2.45, 2.75) is 13.8 Å². The van der Waals surface area contributed by atoms with E-state index >= 15 is 0 Å². The van der Waals surface area contributed by atoms with Gasteiger partial charge in [-0.25, -0.2) is 0 Å². The van der Waals surface area contributed by atoms with Gasteiger partial charge in [0.1, 0.15) is 0 Å². The maximum atomic E-state index is 4.90. The Labute approximate surface area is 76.9 Å². The fourth-order valence-corrected chi connectivity index (χ4v) is 0.589. The second kappa shape index (κ2) is 8.43. The van der Waals surface area contributed by atoms with E-state index in [4.69, 9.17) is 17.0 Å². The van der Waals surface area contributed by atoms with Crippen molar-refractivity contribution in [3.05, 3.63) is 0 Å².